The Bertz CT molecular complexity index is 963. The van der Waals surface area contributed by atoms with E-state index < -0.39 is 21.0 Å². The van der Waals surface area contributed by atoms with Crippen molar-refractivity contribution in [2.75, 3.05) is 6.26 Å². The molecule has 1 unspecified atom stereocenters. The summed E-state index contributed by atoms with van der Waals surface area (Å²) in [5, 5.41) is 3.00. The third kappa shape index (κ3) is 3.85. The minimum absolute atomic E-state index is 0.0674. The Hall–Kier alpha value is -2.48. The molecule has 1 aliphatic rings. The van der Waals surface area contributed by atoms with Gasteiger partial charge >= 0.3 is 0 Å². The molecular weight excluding hydrogens is 354 g/mol. The second-order valence-corrected chi connectivity index (χ2v) is 8.88. The van der Waals surface area contributed by atoms with E-state index in [9.17, 15) is 18.0 Å². The number of Topliss-reactive ketones (excluding diaryl/α,β-unsaturated/α-hetero) is 1. The standard InChI is InChI=1S/C18H21N3O4S/c1-26(24,25)17(18(19)23)7-8-21-11-14(10-20-21)13-6-5-12-3-2-4-16(22)15(12)9-13/h5-6,9-11,17H,2-4,7-8H2,1H3,(H2,19,23). The van der Waals surface area contributed by atoms with Crippen molar-refractivity contribution in [2.24, 2.45) is 5.73 Å². The summed E-state index contributed by atoms with van der Waals surface area (Å²) in [5.41, 5.74) is 8.75. The van der Waals surface area contributed by atoms with Crippen LogP contribution in [0.4, 0.5) is 0 Å². The van der Waals surface area contributed by atoms with Crippen LogP contribution in [0.5, 0.6) is 0 Å². The molecule has 0 aliphatic heterocycles. The third-order valence-corrected chi connectivity index (χ3v) is 6.18. The van der Waals surface area contributed by atoms with E-state index in [1.54, 1.807) is 17.1 Å². The van der Waals surface area contributed by atoms with Crippen LogP contribution in [0.3, 0.4) is 0 Å². The van der Waals surface area contributed by atoms with Crippen molar-refractivity contribution < 1.29 is 18.0 Å². The zero-order chi connectivity index (χ0) is 18.9. The lowest BCUT2D eigenvalue weighted by Gasteiger charge is -2.15. The highest BCUT2D eigenvalue weighted by Crippen LogP contribution is 2.27. The van der Waals surface area contributed by atoms with Gasteiger partial charge in [0.25, 0.3) is 0 Å². The first kappa shape index (κ1) is 18.3. The Balaban J connectivity index is 1.77. The van der Waals surface area contributed by atoms with E-state index in [4.69, 9.17) is 5.73 Å². The lowest BCUT2D eigenvalue weighted by atomic mass is 9.88. The molecule has 26 heavy (non-hydrogen) atoms. The quantitative estimate of drug-likeness (QED) is 0.819. The fourth-order valence-corrected chi connectivity index (χ4v) is 4.21. The number of hydrogen-bond donors (Lipinski definition) is 1. The number of carbonyl (C=O) groups excluding carboxylic acids is 2. The minimum atomic E-state index is -3.55. The van der Waals surface area contributed by atoms with Crippen molar-refractivity contribution in [1.82, 2.24) is 9.78 Å². The van der Waals surface area contributed by atoms with Crippen LogP contribution in [0, 0.1) is 0 Å². The Labute approximate surface area is 152 Å². The highest BCUT2D eigenvalue weighted by atomic mass is 32.2. The molecule has 3 rings (SSSR count). The number of amides is 1. The number of nitrogens with two attached hydrogens (primary N) is 1. The Morgan fingerprint density at radius 3 is 2.77 bits per heavy atom. The topological polar surface area (TPSA) is 112 Å². The van der Waals surface area contributed by atoms with E-state index in [1.165, 1.54) is 0 Å². The molecule has 0 saturated heterocycles. The van der Waals surface area contributed by atoms with Gasteiger partial charge in [0.1, 0.15) is 5.25 Å². The molecule has 1 heterocycles. The molecule has 1 atom stereocenters. The van der Waals surface area contributed by atoms with Crippen LogP contribution < -0.4 is 5.73 Å². The summed E-state index contributed by atoms with van der Waals surface area (Å²) in [6.45, 7) is 0.255. The summed E-state index contributed by atoms with van der Waals surface area (Å²) in [7, 11) is -3.55. The molecule has 1 aromatic heterocycles. The summed E-state index contributed by atoms with van der Waals surface area (Å²) in [4.78, 5) is 23.4. The van der Waals surface area contributed by atoms with Crippen molar-refractivity contribution in [3.05, 3.63) is 41.7 Å². The smallest absolute Gasteiger partial charge is 0.235 e. The SMILES string of the molecule is CS(=O)(=O)C(CCn1cc(-c2ccc3c(c2)C(=O)CCC3)cn1)C(N)=O. The van der Waals surface area contributed by atoms with Crippen molar-refractivity contribution in [3.63, 3.8) is 0 Å². The van der Waals surface area contributed by atoms with Crippen molar-refractivity contribution in [3.8, 4) is 11.1 Å². The summed E-state index contributed by atoms with van der Waals surface area (Å²) in [6, 6.07) is 5.83. The number of hydrogen-bond acceptors (Lipinski definition) is 5. The van der Waals surface area contributed by atoms with Gasteiger partial charge in [0.2, 0.25) is 5.91 Å². The number of aromatic nitrogens is 2. The first-order chi connectivity index (χ1) is 12.3. The average Bonchev–Trinajstić information content (AvgIpc) is 3.02. The fourth-order valence-electron chi connectivity index (χ4n) is 3.26. The molecule has 0 fully saturated rings. The van der Waals surface area contributed by atoms with Gasteiger partial charge in [0.15, 0.2) is 15.6 Å². The van der Waals surface area contributed by atoms with E-state index in [-0.39, 0.29) is 18.7 Å². The number of primary amides is 1. The predicted molar refractivity (Wildman–Crippen MR) is 97.4 cm³/mol. The van der Waals surface area contributed by atoms with E-state index in [2.05, 4.69) is 5.10 Å². The number of nitrogens with zero attached hydrogens (tertiary/aromatic N) is 2. The van der Waals surface area contributed by atoms with Crippen LogP contribution >= 0.6 is 0 Å². The van der Waals surface area contributed by atoms with Gasteiger partial charge in [0, 0.05) is 36.5 Å². The number of fused-ring (bicyclic) bond motifs is 1. The molecule has 7 nitrogen and oxygen atoms in total. The zero-order valence-electron chi connectivity index (χ0n) is 14.5. The number of benzene rings is 1. The predicted octanol–water partition coefficient (Wildman–Crippen LogP) is 1.36. The molecule has 8 heteroatoms. The lowest BCUT2D eigenvalue weighted by molar-refractivity contribution is -0.117. The number of sulfone groups is 1. The van der Waals surface area contributed by atoms with E-state index in [0.717, 1.165) is 41.4 Å². The van der Waals surface area contributed by atoms with Gasteiger partial charge in [-0.05, 0) is 36.5 Å². The molecule has 1 amide bonds. The van der Waals surface area contributed by atoms with Gasteiger partial charge in [-0.3, -0.25) is 14.3 Å². The molecule has 0 saturated carbocycles. The molecule has 1 aliphatic carbocycles. The molecule has 1 aromatic carbocycles. The zero-order valence-corrected chi connectivity index (χ0v) is 15.3. The first-order valence-corrected chi connectivity index (χ1v) is 10.4. The molecule has 0 bridgehead atoms. The lowest BCUT2D eigenvalue weighted by Crippen LogP contribution is -2.36. The maximum absolute atomic E-state index is 12.1. The van der Waals surface area contributed by atoms with Gasteiger partial charge < -0.3 is 5.73 Å². The monoisotopic (exact) mass is 375 g/mol. The van der Waals surface area contributed by atoms with Gasteiger partial charge in [-0.15, -0.1) is 0 Å². The van der Waals surface area contributed by atoms with Crippen LogP contribution in [0.1, 0.15) is 35.2 Å². The maximum Gasteiger partial charge on any atom is 0.235 e. The van der Waals surface area contributed by atoms with Gasteiger partial charge in [-0.25, -0.2) is 8.42 Å². The first-order valence-electron chi connectivity index (χ1n) is 8.43. The van der Waals surface area contributed by atoms with Crippen molar-refractivity contribution >= 4 is 21.5 Å². The highest BCUT2D eigenvalue weighted by molar-refractivity contribution is 7.92. The highest BCUT2D eigenvalue weighted by Gasteiger charge is 2.26. The Morgan fingerprint density at radius 2 is 2.08 bits per heavy atom. The number of rotatable bonds is 6. The molecule has 2 N–H and O–H groups in total. The van der Waals surface area contributed by atoms with Crippen LogP contribution in [-0.2, 0) is 27.6 Å². The maximum atomic E-state index is 12.1. The third-order valence-electron chi connectivity index (χ3n) is 4.68. The summed E-state index contributed by atoms with van der Waals surface area (Å²) < 4.78 is 24.8. The molecule has 2 aromatic rings. The van der Waals surface area contributed by atoms with E-state index >= 15 is 0 Å². The minimum Gasteiger partial charge on any atom is -0.369 e. The van der Waals surface area contributed by atoms with Crippen LogP contribution in [-0.4, -0.2) is 41.4 Å². The average molecular weight is 375 g/mol. The summed E-state index contributed by atoms with van der Waals surface area (Å²) in [6.07, 6.45) is 6.89. The normalized spacial score (nSPS) is 15.5. The number of carbonyl (C=O) groups is 2. The van der Waals surface area contributed by atoms with E-state index in [0.29, 0.717) is 6.42 Å². The molecule has 0 spiro atoms. The summed E-state index contributed by atoms with van der Waals surface area (Å²) >= 11 is 0. The van der Waals surface area contributed by atoms with E-state index in [1.807, 2.05) is 18.2 Å². The van der Waals surface area contributed by atoms with Crippen molar-refractivity contribution in [1.29, 1.82) is 0 Å². The molecular formula is C18H21N3O4S. The molecule has 138 valence electrons. The van der Waals surface area contributed by atoms with Crippen LogP contribution in [0.2, 0.25) is 0 Å². The number of aryl methyl sites for hydroxylation is 2. The Kier molecular flexibility index (Phi) is 4.95. The van der Waals surface area contributed by atoms with Gasteiger partial charge in [0.05, 0.1) is 6.20 Å². The van der Waals surface area contributed by atoms with Crippen LogP contribution in [0.15, 0.2) is 30.6 Å². The van der Waals surface area contributed by atoms with Crippen LogP contribution in [0.25, 0.3) is 11.1 Å². The second kappa shape index (κ2) is 7.03. The van der Waals surface area contributed by atoms with Crippen molar-refractivity contribution in [2.45, 2.75) is 37.5 Å². The second-order valence-electron chi connectivity index (χ2n) is 6.65. The Morgan fingerprint density at radius 1 is 1.31 bits per heavy atom. The largest absolute Gasteiger partial charge is 0.369 e. The summed E-state index contributed by atoms with van der Waals surface area (Å²) in [5.74, 6) is -0.689. The van der Waals surface area contributed by atoms with Gasteiger partial charge in [-0.2, -0.15) is 5.10 Å². The number of ketones is 1. The fraction of sp³-hybridized carbons (Fsp3) is 0.389. The van der Waals surface area contributed by atoms with Gasteiger partial charge in [-0.1, -0.05) is 12.1 Å². The molecule has 0 radical (unpaired) electrons.